The molecule has 1 aromatic heterocycles. The number of aryl methyl sites for hydroxylation is 1. The van der Waals surface area contributed by atoms with Gasteiger partial charge in [-0.05, 0) is 61.1 Å². The Morgan fingerprint density at radius 3 is 2.44 bits per heavy atom. The number of benzene rings is 2. The van der Waals surface area contributed by atoms with Gasteiger partial charge in [0.05, 0.1) is 5.57 Å². The van der Waals surface area contributed by atoms with Gasteiger partial charge in [0, 0.05) is 18.0 Å². The first-order valence-corrected chi connectivity index (χ1v) is 17.5. The molecule has 0 saturated carbocycles. The molecule has 2 aromatic carbocycles. The number of aliphatic hydroxyl groups is 1. The topological polar surface area (TPSA) is 141 Å². The minimum atomic E-state index is -4.85. The molecule has 0 fully saturated rings. The number of ether oxygens (including phenoxy) is 3. The first kappa shape index (κ1) is 38.1. The predicted molar refractivity (Wildman–Crippen MR) is 178 cm³/mol. The van der Waals surface area contributed by atoms with Crippen LogP contribution >= 0.6 is 0 Å². The van der Waals surface area contributed by atoms with Crippen LogP contribution in [0.1, 0.15) is 68.7 Å². The lowest BCUT2D eigenvalue weighted by Gasteiger charge is -2.39. The van der Waals surface area contributed by atoms with Gasteiger partial charge < -0.3 is 19.3 Å². The maximum Gasteiger partial charge on any atom is 0.433 e. The molecule has 0 bridgehead atoms. The van der Waals surface area contributed by atoms with Gasteiger partial charge in [-0.3, -0.25) is 4.72 Å². The van der Waals surface area contributed by atoms with Crippen molar-refractivity contribution >= 4 is 27.6 Å². The monoisotopic (exact) mass is 716 g/mol. The van der Waals surface area contributed by atoms with E-state index in [0.717, 1.165) is 17.7 Å². The lowest BCUT2D eigenvalue weighted by molar-refractivity contribution is -0.163. The SMILES string of the molecule is C=C(O)COCC(=O)OC1=C(C(CC)c2cccc(NS(=O)(=O)c3cccc(C(F)(F)F)n3)c2)C(=O)O[C@](CCC)(CCc2ccccc2)C1. The van der Waals surface area contributed by atoms with Crippen LogP contribution in [0.4, 0.5) is 18.9 Å². The molecule has 3 aromatic rings. The van der Waals surface area contributed by atoms with Crippen LogP contribution in [0.3, 0.4) is 0 Å². The Morgan fingerprint density at radius 1 is 1.06 bits per heavy atom. The summed E-state index contributed by atoms with van der Waals surface area (Å²) in [5.74, 6) is -2.45. The minimum absolute atomic E-state index is 0.00399. The van der Waals surface area contributed by atoms with Crippen LogP contribution in [0.15, 0.2) is 101 Å². The predicted octanol–water partition coefficient (Wildman–Crippen LogP) is 7.40. The number of halogens is 3. The second kappa shape index (κ2) is 16.3. The number of alkyl halides is 3. The molecule has 10 nitrogen and oxygen atoms in total. The second-order valence-corrected chi connectivity index (χ2v) is 13.5. The van der Waals surface area contributed by atoms with Crippen molar-refractivity contribution in [2.45, 2.75) is 75.1 Å². The van der Waals surface area contributed by atoms with Crippen molar-refractivity contribution < 1.29 is 50.5 Å². The van der Waals surface area contributed by atoms with Crippen molar-refractivity contribution in [3.05, 3.63) is 113 Å². The molecular formula is C36H39F3N2O8S. The average Bonchev–Trinajstić information content (AvgIpc) is 3.05. The Hall–Kier alpha value is -4.69. The summed E-state index contributed by atoms with van der Waals surface area (Å²) in [4.78, 5) is 30.3. The summed E-state index contributed by atoms with van der Waals surface area (Å²) >= 11 is 0. The van der Waals surface area contributed by atoms with Gasteiger partial charge in [-0.25, -0.2) is 14.6 Å². The van der Waals surface area contributed by atoms with E-state index in [0.29, 0.717) is 43.7 Å². The zero-order valence-corrected chi connectivity index (χ0v) is 28.5. The molecule has 0 aliphatic carbocycles. The lowest BCUT2D eigenvalue weighted by atomic mass is 9.80. The number of hydrogen-bond acceptors (Lipinski definition) is 9. The first-order chi connectivity index (χ1) is 23.7. The summed E-state index contributed by atoms with van der Waals surface area (Å²) < 4.78 is 85.2. The fourth-order valence-corrected chi connectivity index (χ4v) is 6.89. The Kier molecular flexibility index (Phi) is 12.5. The number of nitrogens with one attached hydrogen (secondary N) is 1. The highest BCUT2D eigenvalue weighted by Gasteiger charge is 2.44. The van der Waals surface area contributed by atoms with Gasteiger partial charge in [-0.1, -0.05) is 75.4 Å². The highest BCUT2D eigenvalue weighted by Crippen LogP contribution is 2.43. The third kappa shape index (κ3) is 9.94. The lowest BCUT2D eigenvalue weighted by Crippen LogP contribution is -2.42. The standard InChI is InChI=1S/C36H39F3N2O8S/c1-4-18-35(19-17-25-11-7-6-8-12-25)21-29(48-32(43)23-47-22-24(3)42)33(34(44)49-35)28(5-2)26-13-9-14-27(20-26)41-50(45,46)31-16-10-15-30(40-31)36(37,38)39/h6-16,20,28,41-42H,3-5,17-19,21-23H2,1-2H3/t28?,35-/m1/s1. The van der Waals surface area contributed by atoms with E-state index in [1.165, 1.54) is 18.2 Å². The zero-order valence-electron chi connectivity index (χ0n) is 27.7. The molecule has 0 amide bonds. The molecule has 2 atom stereocenters. The maximum absolute atomic E-state index is 14.0. The molecule has 2 heterocycles. The summed E-state index contributed by atoms with van der Waals surface area (Å²) in [7, 11) is -4.55. The van der Waals surface area contributed by atoms with Crippen LogP contribution in [0.2, 0.25) is 0 Å². The zero-order chi connectivity index (χ0) is 36.5. The highest BCUT2D eigenvalue weighted by atomic mass is 32.2. The van der Waals surface area contributed by atoms with E-state index >= 15 is 0 Å². The third-order valence-corrected chi connectivity index (χ3v) is 9.33. The fraction of sp³-hybridized carbons (Fsp3) is 0.361. The molecule has 1 aliphatic heterocycles. The van der Waals surface area contributed by atoms with Crippen molar-refractivity contribution in [3.63, 3.8) is 0 Å². The van der Waals surface area contributed by atoms with Gasteiger partial charge in [0.1, 0.15) is 36.0 Å². The van der Waals surface area contributed by atoms with Crippen LogP contribution in [0, 0.1) is 0 Å². The smallest absolute Gasteiger partial charge is 0.433 e. The Bertz CT molecular complexity index is 1830. The number of nitrogens with zero attached hydrogens (tertiary/aromatic N) is 1. The van der Waals surface area contributed by atoms with E-state index in [2.05, 4.69) is 16.3 Å². The van der Waals surface area contributed by atoms with Gasteiger partial charge >= 0.3 is 18.1 Å². The van der Waals surface area contributed by atoms with E-state index in [-0.39, 0.29) is 35.8 Å². The van der Waals surface area contributed by atoms with Crippen molar-refractivity contribution in [1.29, 1.82) is 0 Å². The van der Waals surface area contributed by atoms with Gasteiger partial charge in [-0.15, -0.1) is 0 Å². The molecule has 0 spiro atoms. The number of pyridine rings is 1. The largest absolute Gasteiger partial charge is 0.510 e. The summed E-state index contributed by atoms with van der Waals surface area (Å²) in [6, 6.07) is 18.2. The second-order valence-electron chi connectivity index (χ2n) is 11.9. The Labute approximate surface area is 289 Å². The van der Waals surface area contributed by atoms with Crippen molar-refractivity contribution in [2.75, 3.05) is 17.9 Å². The molecule has 1 unspecified atom stereocenters. The number of carbonyl (C=O) groups is 2. The van der Waals surface area contributed by atoms with Crippen molar-refractivity contribution in [3.8, 4) is 0 Å². The van der Waals surface area contributed by atoms with Gasteiger partial charge in [0.25, 0.3) is 10.0 Å². The number of sulfonamides is 1. The van der Waals surface area contributed by atoms with E-state index in [1.54, 1.807) is 13.0 Å². The van der Waals surface area contributed by atoms with E-state index in [4.69, 9.17) is 14.2 Å². The number of hydrogen-bond donors (Lipinski definition) is 2. The van der Waals surface area contributed by atoms with Crippen LogP contribution in [0.25, 0.3) is 0 Å². The third-order valence-electron chi connectivity index (χ3n) is 8.04. The van der Waals surface area contributed by atoms with E-state index < -0.39 is 57.0 Å². The molecule has 4 rings (SSSR count). The van der Waals surface area contributed by atoms with Crippen LogP contribution < -0.4 is 4.72 Å². The van der Waals surface area contributed by atoms with Gasteiger partial charge in [-0.2, -0.15) is 21.6 Å². The molecule has 0 radical (unpaired) electrons. The summed E-state index contributed by atoms with van der Waals surface area (Å²) in [6.45, 7) is 6.23. The quantitative estimate of drug-likeness (QED) is 0.115. The number of cyclic esters (lactones) is 1. The Balaban J connectivity index is 1.70. The number of aromatic nitrogens is 1. The molecule has 14 heteroatoms. The fourth-order valence-electron chi connectivity index (χ4n) is 5.87. The highest BCUT2D eigenvalue weighted by molar-refractivity contribution is 7.92. The Morgan fingerprint density at radius 2 is 1.78 bits per heavy atom. The van der Waals surface area contributed by atoms with E-state index in [9.17, 15) is 36.3 Å². The molecule has 1 aliphatic rings. The van der Waals surface area contributed by atoms with Gasteiger partial charge in [0.15, 0.2) is 5.03 Å². The number of esters is 2. The molecule has 268 valence electrons. The molecular weight excluding hydrogens is 677 g/mol. The normalized spacial score (nSPS) is 17.2. The van der Waals surface area contributed by atoms with Crippen molar-refractivity contribution in [2.24, 2.45) is 0 Å². The van der Waals surface area contributed by atoms with E-state index in [1.807, 2.05) is 37.3 Å². The average molecular weight is 717 g/mol. The summed E-state index contributed by atoms with van der Waals surface area (Å²) in [6.07, 6.45) is -2.28. The summed E-state index contributed by atoms with van der Waals surface area (Å²) in [5, 5.41) is 8.52. The van der Waals surface area contributed by atoms with Gasteiger partial charge in [0.2, 0.25) is 0 Å². The van der Waals surface area contributed by atoms with Crippen LogP contribution in [-0.2, 0) is 46.4 Å². The molecule has 2 N–H and O–H groups in total. The molecule has 50 heavy (non-hydrogen) atoms. The van der Waals surface area contributed by atoms with Crippen LogP contribution in [0.5, 0.6) is 0 Å². The summed E-state index contributed by atoms with van der Waals surface area (Å²) in [5.41, 5.74) is -0.793. The number of anilines is 1. The van der Waals surface area contributed by atoms with Crippen LogP contribution in [-0.4, -0.2) is 49.3 Å². The number of aliphatic hydroxyl groups excluding tert-OH is 1. The minimum Gasteiger partial charge on any atom is -0.510 e. The van der Waals surface area contributed by atoms with Crippen molar-refractivity contribution in [1.82, 2.24) is 4.98 Å². The number of carbonyl (C=O) groups excluding carboxylic acids is 2. The first-order valence-electron chi connectivity index (χ1n) is 16.0. The maximum atomic E-state index is 14.0. The molecule has 0 saturated heterocycles. The number of rotatable bonds is 16.